The second-order valence-corrected chi connectivity index (χ2v) is 3.10. The van der Waals surface area contributed by atoms with Gasteiger partial charge in [0.05, 0.1) is 20.5 Å². The Morgan fingerprint density at radius 3 is 0.857 bits per heavy atom. The lowest BCUT2D eigenvalue weighted by molar-refractivity contribution is 0.568. The minimum Gasteiger partial charge on any atom is -0.724 e. The molecule has 28 heavy (non-hydrogen) atoms. The summed E-state index contributed by atoms with van der Waals surface area (Å²) in [5.41, 5.74) is 1.56. The highest BCUT2D eigenvalue weighted by atomic mass is 28.1. The van der Waals surface area contributed by atoms with Crippen molar-refractivity contribution in [1.82, 2.24) is 0 Å². The van der Waals surface area contributed by atoms with Crippen molar-refractivity contribution in [3.63, 3.8) is 0 Å². The van der Waals surface area contributed by atoms with Crippen molar-refractivity contribution >= 4 is 62.2 Å². The van der Waals surface area contributed by atoms with Gasteiger partial charge in [0, 0.05) is 0 Å². The van der Waals surface area contributed by atoms with E-state index in [-0.39, 0.29) is 0 Å². The lowest BCUT2D eigenvalue weighted by Gasteiger charge is -1.82. The van der Waals surface area contributed by atoms with Gasteiger partial charge in [0.2, 0.25) is 0 Å². The predicted octanol–water partition coefficient (Wildman–Crippen LogP) is 0.128. The Morgan fingerprint density at radius 2 is 0.786 bits per heavy atom. The van der Waals surface area contributed by atoms with Crippen molar-refractivity contribution in [2.75, 3.05) is 0 Å². The molecule has 0 saturated heterocycles. The molecular weight excluding hydrogens is 404 g/mol. The Bertz CT molecular complexity index is 540. The zero-order valence-electron chi connectivity index (χ0n) is 13.8. The fourth-order valence-electron chi connectivity index (χ4n) is 0.438. The number of rotatable bonds is 0. The molecule has 0 amide bonds. The van der Waals surface area contributed by atoms with Gasteiger partial charge in [0.15, 0.2) is 0 Å². The second-order valence-electron chi connectivity index (χ2n) is 2.12. The number of nitrogens with zero attached hydrogens (tertiary/aromatic N) is 6. The summed E-state index contributed by atoms with van der Waals surface area (Å²) in [7, 11) is 6.30. The fourth-order valence-corrected chi connectivity index (χ4v) is 0.631. The summed E-state index contributed by atoms with van der Waals surface area (Å²) in [6.45, 7) is 3.27. The SMILES string of the molecule is C=C[Si].[N-]=C=O.[N-]=C=O.[N-]=C=O.[N-]=C=O.[N-]=C=O.[N-]=C=O.[Si]c1ccccc1. The van der Waals surface area contributed by atoms with E-state index in [1.54, 1.807) is 5.70 Å². The highest BCUT2D eigenvalue weighted by Crippen LogP contribution is 1.76. The lowest BCUT2D eigenvalue weighted by atomic mass is 10.4. The molecule has 0 aliphatic carbocycles. The number of isocyanates is 6. The van der Waals surface area contributed by atoms with Gasteiger partial charge >= 0.3 is 0 Å². The van der Waals surface area contributed by atoms with Crippen LogP contribution < -0.4 is 5.19 Å². The van der Waals surface area contributed by atoms with Gasteiger partial charge in [-0.15, -0.1) is 12.3 Å². The van der Waals surface area contributed by atoms with Gasteiger partial charge in [0.25, 0.3) is 0 Å². The van der Waals surface area contributed by atoms with E-state index in [0.717, 1.165) is 5.19 Å². The summed E-state index contributed by atoms with van der Waals surface area (Å²) in [4.78, 5) is 49.4. The van der Waals surface area contributed by atoms with Gasteiger partial charge in [-0.3, -0.25) is 28.8 Å². The quantitative estimate of drug-likeness (QED) is 0.325. The monoisotopic (exact) mass is 412 g/mol. The standard InChI is InChI=1S/C6H5Si.C2H3Si.6CNO/c7-6-4-2-1-3-5-6;1-2-3;6*2-1-3/h1-5H;2H,1H2;;;;;;/q;;6*-1. The zero-order valence-corrected chi connectivity index (χ0v) is 15.8. The first kappa shape index (κ1) is 43.8. The minimum absolute atomic E-state index is 0.500. The smallest absolute Gasteiger partial charge is 0.0711 e. The average Bonchev–Trinajstić information content (AvgIpc) is 2.60. The Labute approximate surface area is 166 Å². The lowest BCUT2D eigenvalue weighted by Crippen LogP contribution is -1.97. The first-order valence-electron chi connectivity index (χ1n) is 5.42. The van der Waals surface area contributed by atoms with Crippen LogP contribution in [0.2, 0.25) is 0 Å². The van der Waals surface area contributed by atoms with E-state index < -0.39 is 0 Å². The average molecular weight is 412 g/mol. The normalized spacial score (nSPS) is 4.36. The second kappa shape index (κ2) is 93.5. The Hall–Kier alpha value is -4.33. The van der Waals surface area contributed by atoms with Crippen LogP contribution in [-0.4, -0.2) is 57.0 Å². The highest BCUT2D eigenvalue weighted by molar-refractivity contribution is 6.32. The molecule has 12 nitrogen and oxygen atoms in total. The summed E-state index contributed by atoms with van der Waals surface area (Å²) in [6.07, 6.45) is 3.00. The molecule has 1 aromatic rings. The molecule has 14 heteroatoms. The number of carbonyl (C=O) groups excluding carboxylic acids is 6. The molecule has 0 spiro atoms. The number of hydrogen-bond donors (Lipinski definition) is 0. The van der Waals surface area contributed by atoms with Crippen molar-refractivity contribution < 1.29 is 28.8 Å². The van der Waals surface area contributed by atoms with Crippen LogP contribution in [0.1, 0.15) is 0 Å². The van der Waals surface area contributed by atoms with Gasteiger partial charge in [0.1, 0.15) is 0 Å². The van der Waals surface area contributed by atoms with Crippen LogP contribution in [0.25, 0.3) is 32.5 Å². The van der Waals surface area contributed by atoms with Gasteiger partial charge in [-0.25, -0.2) is 0 Å². The number of hydrogen-bond acceptors (Lipinski definition) is 6. The van der Waals surface area contributed by atoms with Gasteiger partial charge in [-0.1, -0.05) is 35.5 Å². The van der Waals surface area contributed by atoms with Crippen molar-refractivity contribution in [2.24, 2.45) is 0 Å². The van der Waals surface area contributed by atoms with Crippen LogP contribution >= 0.6 is 0 Å². The molecule has 0 aliphatic rings. The van der Waals surface area contributed by atoms with Crippen molar-refractivity contribution in [3.8, 4) is 0 Å². The van der Waals surface area contributed by atoms with Crippen molar-refractivity contribution in [1.29, 1.82) is 0 Å². The molecule has 6 radical (unpaired) electrons. The molecule has 0 saturated carbocycles. The van der Waals surface area contributed by atoms with Crippen LogP contribution in [0.15, 0.2) is 42.6 Å². The molecule has 0 unspecified atom stereocenters. The topological polar surface area (TPSA) is 236 Å². The third kappa shape index (κ3) is 686. The van der Waals surface area contributed by atoms with Gasteiger partial charge < -0.3 is 32.5 Å². The molecule has 1 aromatic carbocycles. The van der Waals surface area contributed by atoms with E-state index in [1.165, 1.54) is 0 Å². The first-order valence-corrected chi connectivity index (χ1v) is 6.50. The first-order chi connectivity index (χ1) is 13.3. The summed E-state index contributed by atoms with van der Waals surface area (Å²) < 4.78 is 0. The predicted molar refractivity (Wildman–Crippen MR) is 102 cm³/mol. The summed E-state index contributed by atoms with van der Waals surface area (Å²) in [5, 5.41) is 41.7. The molecule has 0 N–H and O–H groups in total. The van der Waals surface area contributed by atoms with Crippen LogP contribution in [0.5, 0.6) is 0 Å². The largest absolute Gasteiger partial charge is 0.724 e. The zero-order chi connectivity index (χ0) is 24.1. The Kier molecular flexibility index (Phi) is 146. The molecule has 0 fully saturated rings. The third-order valence-corrected chi connectivity index (χ3v) is 1.11. The van der Waals surface area contributed by atoms with Crippen LogP contribution in [0, 0.1) is 0 Å². The molecule has 144 valence electrons. The molecule has 1 rings (SSSR count). The van der Waals surface area contributed by atoms with Crippen LogP contribution in [-0.2, 0) is 28.8 Å². The third-order valence-electron chi connectivity index (χ3n) is 0.774. The fraction of sp³-hybridized carbons (Fsp3) is 0. The summed E-state index contributed by atoms with van der Waals surface area (Å²) in [6, 6.07) is 9.96. The van der Waals surface area contributed by atoms with Crippen LogP contribution in [0.4, 0.5) is 0 Å². The van der Waals surface area contributed by atoms with E-state index >= 15 is 0 Å². The molecule has 0 atom stereocenters. The Morgan fingerprint density at radius 1 is 0.643 bits per heavy atom. The number of benzene rings is 1. The van der Waals surface area contributed by atoms with E-state index in [1.807, 2.05) is 30.3 Å². The molecule has 0 aliphatic heterocycles. The molecule has 0 aromatic heterocycles. The molecule has 0 heterocycles. The maximum atomic E-state index is 8.24. The van der Waals surface area contributed by atoms with Crippen molar-refractivity contribution in [2.45, 2.75) is 0 Å². The molecule has 0 bridgehead atoms. The summed E-state index contributed by atoms with van der Waals surface area (Å²) in [5.74, 6) is 0. The van der Waals surface area contributed by atoms with Crippen LogP contribution in [0.3, 0.4) is 0 Å². The van der Waals surface area contributed by atoms with Crippen molar-refractivity contribution in [3.05, 3.63) is 75.1 Å². The molecular formula is C14H8N6O6Si2-6. The van der Waals surface area contributed by atoms with E-state index in [9.17, 15) is 0 Å². The summed E-state index contributed by atoms with van der Waals surface area (Å²) >= 11 is 0. The van der Waals surface area contributed by atoms with Gasteiger partial charge in [-0.05, 0) is 36.5 Å². The van der Waals surface area contributed by atoms with E-state index in [0.29, 0.717) is 36.5 Å². The maximum Gasteiger partial charge on any atom is 0.0711 e. The van der Waals surface area contributed by atoms with Gasteiger partial charge in [-0.2, -0.15) is 0 Å². The maximum absolute atomic E-state index is 8.24. The highest BCUT2D eigenvalue weighted by Gasteiger charge is 1.72. The van der Waals surface area contributed by atoms with E-state index in [2.05, 4.69) is 27.1 Å². The Balaban J connectivity index is -0.0000000375. The van der Waals surface area contributed by atoms with E-state index in [4.69, 9.17) is 61.2 Å². The minimum atomic E-state index is 0.500.